The molecule has 2 heterocycles. The summed E-state index contributed by atoms with van der Waals surface area (Å²) in [6.45, 7) is 0.523. The second-order valence-corrected chi connectivity index (χ2v) is 6.50. The lowest BCUT2D eigenvalue weighted by Gasteiger charge is -2.26. The van der Waals surface area contributed by atoms with E-state index in [9.17, 15) is 10.5 Å². The van der Waals surface area contributed by atoms with Crippen molar-refractivity contribution in [2.75, 3.05) is 34.5 Å². The normalized spacial score (nSPS) is 32.2. The predicted molar refractivity (Wildman–Crippen MR) is 91.2 cm³/mol. The third-order valence-corrected chi connectivity index (χ3v) is 5.65. The van der Waals surface area contributed by atoms with E-state index in [0.29, 0.717) is 22.8 Å². The Bertz CT molecular complexity index is 927. The molecule has 1 saturated heterocycles. The molecule has 27 heavy (non-hydrogen) atoms. The number of rotatable bonds is 4. The van der Waals surface area contributed by atoms with Crippen molar-refractivity contribution in [1.82, 2.24) is 0 Å². The van der Waals surface area contributed by atoms with Crippen molar-refractivity contribution in [2.24, 2.45) is 21.6 Å². The van der Waals surface area contributed by atoms with Crippen LogP contribution in [0.15, 0.2) is 17.1 Å². The van der Waals surface area contributed by atoms with Gasteiger partial charge in [0, 0.05) is 17.5 Å². The van der Waals surface area contributed by atoms with Gasteiger partial charge in [-0.25, -0.2) is 4.99 Å². The zero-order valence-corrected chi connectivity index (χ0v) is 15.1. The molecule has 2 N–H and O–H groups in total. The van der Waals surface area contributed by atoms with Crippen LogP contribution in [0, 0.1) is 33.5 Å². The molecule has 140 valence electrons. The fourth-order valence-electron chi connectivity index (χ4n) is 4.46. The van der Waals surface area contributed by atoms with E-state index in [1.54, 1.807) is 12.1 Å². The Kier molecular flexibility index (Phi) is 3.54. The third-order valence-electron chi connectivity index (χ3n) is 5.65. The highest BCUT2D eigenvalue weighted by atomic mass is 16.8. The fraction of sp³-hybridized carbons (Fsp3) is 0.500. The number of benzene rings is 1. The van der Waals surface area contributed by atoms with E-state index >= 15 is 0 Å². The number of nitrogens with two attached hydrogens (primary N) is 1. The topological polar surface area (TPSA) is 132 Å². The van der Waals surface area contributed by atoms with Crippen LogP contribution in [-0.4, -0.2) is 46.3 Å². The first-order chi connectivity index (χ1) is 13.0. The summed E-state index contributed by atoms with van der Waals surface area (Å²) in [7, 11) is 4.51. The van der Waals surface area contributed by atoms with Crippen molar-refractivity contribution in [1.29, 1.82) is 10.5 Å². The van der Waals surface area contributed by atoms with E-state index in [4.69, 9.17) is 29.4 Å². The lowest BCUT2D eigenvalue weighted by atomic mass is 9.93. The first-order valence-electron chi connectivity index (χ1n) is 8.28. The maximum atomic E-state index is 10.1. The minimum Gasteiger partial charge on any atom is -0.496 e. The maximum Gasteiger partial charge on any atom is 0.293 e. The Hall–Kier alpha value is -3.01. The molecule has 1 spiro atoms. The third kappa shape index (κ3) is 1.71. The van der Waals surface area contributed by atoms with Gasteiger partial charge in [0.2, 0.25) is 0 Å². The van der Waals surface area contributed by atoms with Gasteiger partial charge in [-0.3, -0.25) is 0 Å². The summed E-state index contributed by atoms with van der Waals surface area (Å²) < 4.78 is 27.6. The Balaban J connectivity index is 1.95. The van der Waals surface area contributed by atoms with Gasteiger partial charge in [0.25, 0.3) is 5.91 Å². The number of hydrogen-bond acceptors (Lipinski definition) is 9. The van der Waals surface area contributed by atoms with Crippen molar-refractivity contribution in [3.8, 4) is 29.4 Å². The van der Waals surface area contributed by atoms with E-state index < -0.39 is 22.7 Å². The highest BCUT2D eigenvalue weighted by molar-refractivity contribution is 6.00. The molecule has 4 rings (SSSR count). The highest BCUT2D eigenvalue weighted by Crippen LogP contribution is 2.83. The molecule has 1 aromatic rings. The number of amidine groups is 1. The van der Waals surface area contributed by atoms with Gasteiger partial charge in [-0.1, -0.05) is 0 Å². The second-order valence-electron chi connectivity index (χ2n) is 6.50. The predicted octanol–water partition coefficient (Wildman–Crippen LogP) is 0.901. The van der Waals surface area contributed by atoms with Crippen molar-refractivity contribution < 1.29 is 23.7 Å². The van der Waals surface area contributed by atoms with Crippen LogP contribution in [0.1, 0.15) is 11.5 Å². The number of hydrogen-bond donors (Lipinski definition) is 1. The van der Waals surface area contributed by atoms with Crippen LogP contribution in [0.25, 0.3) is 0 Å². The van der Waals surface area contributed by atoms with Gasteiger partial charge in [0.1, 0.15) is 17.0 Å². The highest BCUT2D eigenvalue weighted by Gasteiger charge is 2.94. The number of aliphatic imine (C=N–C) groups is 1. The molecule has 0 radical (unpaired) electrons. The Morgan fingerprint density at radius 2 is 1.63 bits per heavy atom. The van der Waals surface area contributed by atoms with Gasteiger partial charge in [-0.2, -0.15) is 10.5 Å². The van der Waals surface area contributed by atoms with Crippen molar-refractivity contribution in [2.45, 2.75) is 11.8 Å². The van der Waals surface area contributed by atoms with E-state index in [0.717, 1.165) is 0 Å². The molecular weight excluding hydrogens is 352 g/mol. The number of methoxy groups -OCH3 is 3. The smallest absolute Gasteiger partial charge is 0.293 e. The average Bonchev–Trinajstić information content (AvgIpc) is 2.93. The summed E-state index contributed by atoms with van der Waals surface area (Å²) in [5.41, 5.74) is 3.93. The molecular formula is C18H18N4O5. The minimum absolute atomic E-state index is 0.0234. The summed E-state index contributed by atoms with van der Waals surface area (Å²) in [5, 5.41) is 20.2. The van der Waals surface area contributed by atoms with E-state index in [2.05, 4.69) is 17.1 Å². The first kappa shape index (κ1) is 17.4. The summed E-state index contributed by atoms with van der Waals surface area (Å²) in [6, 6.07) is 7.78. The Morgan fingerprint density at radius 3 is 2.15 bits per heavy atom. The van der Waals surface area contributed by atoms with Gasteiger partial charge in [0.15, 0.2) is 16.9 Å². The summed E-state index contributed by atoms with van der Waals surface area (Å²) in [4.78, 5) is 4.25. The Morgan fingerprint density at radius 1 is 1.04 bits per heavy atom. The fourth-order valence-corrected chi connectivity index (χ4v) is 4.46. The van der Waals surface area contributed by atoms with Gasteiger partial charge in [-0.05, 0) is 6.07 Å². The number of nitriles is 2. The van der Waals surface area contributed by atoms with Gasteiger partial charge >= 0.3 is 0 Å². The van der Waals surface area contributed by atoms with E-state index in [1.165, 1.54) is 21.3 Å². The number of fused-ring (bicyclic) bond motifs is 2. The minimum atomic E-state index is -1.59. The summed E-state index contributed by atoms with van der Waals surface area (Å²) in [6.07, 6.45) is 0. The molecule has 3 unspecified atom stereocenters. The van der Waals surface area contributed by atoms with Crippen LogP contribution in [-0.2, 0) is 9.47 Å². The summed E-state index contributed by atoms with van der Waals surface area (Å²) in [5.74, 6) is -0.884. The largest absolute Gasteiger partial charge is 0.496 e. The first-order valence-corrected chi connectivity index (χ1v) is 8.28. The molecule has 2 fully saturated rings. The van der Waals surface area contributed by atoms with Crippen LogP contribution in [0.5, 0.6) is 17.2 Å². The lowest BCUT2D eigenvalue weighted by Crippen LogP contribution is -2.38. The molecule has 1 aromatic carbocycles. The molecule has 9 nitrogen and oxygen atoms in total. The second kappa shape index (κ2) is 5.49. The van der Waals surface area contributed by atoms with Crippen LogP contribution in [0.3, 0.4) is 0 Å². The van der Waals surface area contributed by atoms with Crippen LogP contribution >= 0.6 is 0 Å². The Labute approximate surface area is 155 Å². The molecule has 1 saturated carbocycles. The van der Waals surface area contributed by atoms with Crippen molar-refractivity contribution >= 4 is 5.84 Å². The number of nitrogens with zero attached hydrogens (tertiary/aromatic N) is 3. The molecule has 9 heteroatoms. The maximum absolute atomic E-state index is 10.1. The zero-order valence-electron chi connectivity index (χ0n) is 15.1. The van der Waals surface area contributed by atoms with Crippen LogP contribution in [0.4, 0.5) is 0 Å². The molecule has 0 amide bonds. The van der Waals surface area contributed by atoms with Crippen molar-refractivity contribution in [3.63, 3.8) is 0 Å². The quantitative estimate of drug-likeness (QED) is 0.827. The van der Waals surface area contributed by atoms with Crippen molar-refractivity contribution in [3.05, 3.63) is 17.7 Å². The molecule has 2 aliphatic heterocycles. The monoisotopic (exact) mass is 370 g/mol. The molecule has 3 atom stereocenters. The van der Waals surface area contributed by atoms with Crippen LogP contribution in [0.2, 0.25) is 0 Å². The van der Waals surface area contributed by atoms with Gasteiger partial charge in [-0.15, -0.1) is 0 Å². The molecule has 3 aliphatic rings. The number of ether oxygens (including phenoxy) is 5. The lowest BCUT2D eigenvalue weighted by molar-refractivity contribution is -0.184. The molecule has 0 aromatic heterocycles. The molecule has 0 bridgehead atoms. The van der Waals surface area contributed by atoms with Gasteiger partial charge < -0.3 is 29.4 Å². The van der Waals surface area contributed by atoms with Crippen LogP contribution < -0.4 is 19.9 Å². The van der Waals surface area contributed by atoms with Gasteiger partial charge in [0.05, 0.1) is 46.7 Å². The zero-order chi connectivity index (χ0) is 19.4. The van der Waals surface area contributed by atoms with E-state index in [-0.39, 0.29) is 19.0 Å². The molecule has 1 aliphatic carbocycles. The van der Waals surface area contributed by atoms with E-state index in [1.807, 2.05) is 0 Å². The average molecular weight is 370 g/mol. The standard InChI is InChI=1S/C18H18N4O5/c1-23-11-7-13(25-3)12(24-2)6-10(11)14-16(8-19)15(21)22-18(17(14,16)9-20)26-4-5-27-18/h6-7,14H,4-5H2,1-3H3,(H2,21,22). The SMILES string of the molecule is COc1cc(OC)c(C2C3(C#N)C(N)=NC4(OCCO4)C23C#N)cc1OC. The summed E-state index contributed by atoms with van der Waals surface area (Å²) >= 11 is 0.